The number of hydrogen-bond donors (Lipinski definition) is 0. The van der Waals surface area contributed by atoms with Crippen molar-refractivity contribution in [2.45, 2.75) is 70.6 Å². The third kappa shape index (κ3) is 4.54. The molecule has 19 heavy (non-hydrogen) atoms. The van der Waals surface area contributed by atoms with Crippen LogP contribution < -0.4 is 0 Å². The predicted octanol–water partition coefficient (Wildman–Crippen LogP) is 4.82. The highest BCUT2D eigenvalue weighted by Crippen LogP contribution is 2.37. The minimum atomic E-state index is 0.137. The summed E-state index contributed by atoms with van der Waals surface area (Å²) >= 11 is 0. The van der Waals surface area contributed by atoms with Gasteiger partial charge in [-0.3, -0.25) is 0 Å². The second-order valence-electron chi connectivity index (χ2n) is 6.66. The summed E-state index contributed by atoms with van der Waals surface area (Å²) in [5.74, 6) is 1.83. The van der Waals surface area contributed by atoms with Crippen LogP contribution in [-0.4, -0.2) is 0 Å². The first kappa shape index (κ1) is 14.4. The second kappa shape index (κ2) is 7.54. The summed E-state index contributed by atoms with van der Waals surface area (Å²) in [7, 11) is 0. The molecule has 0 bridgehead atoms. The molecule has 0 aromatic heterocycles. The van der Waals surface area contributed by atoms with Crippen LogP contribution in [0.15, 0.2) is 0 Å². The molecule has 104 valence electrons. The number of nitrogens with zero attached hydrogens (tertiary/aromatic N) is 2. The van der Waals surface area contributed by atoms with Crippen LogP contribution in [-0.2, 0) is 0 Å². The Morgan fingerprint density at radius 1 is 0.684 bits per heavy atom. The van der Waals surface area contributed by atoms with E-state index in [-0.39, 0.29) is 11.8 Å². The van der Waals surface area contributed by atoms with Crippen molar-refractivity contribution in [3.63, 3.8) is 0 Å². The standard InChI is InChI=1S/C17H26N2/c18-12-16-9-15(10-17(11-16)13-19)8-7-14-5-3-1-2-4-6-14/h14-17H,1-11H2. The summed E-state index contributed by atoms with van der Waals surface area (Å²) in [5.41, 5.74) is 0. The van der Waals surface area contributed by atoms with E-state index in [4.69, 9.17) is 10.5 Å². The lowest BCUT2D eigenvalue weighted by molar-refractivity contribution is 0.234. The molecule has 2 saturated carbocycles. The fourth-order valence-corrected chi connectivity index (χ4v) is 4.01. The molecule has 0 N–H and O–H groups in total. The molecule has 2 aliphatic rings. The lowest BCUT2D eigenvalue weighted by Crippen LogP contribution is -2.21. The normalized spacial score (nSPS) is 33.1. The van der Waals surface area contributed by atoms with Gasteiger partial charge in [0.2, 0.25) is 0 Å². The van der Waals surface area contributed by atoms with Gasteiger partial charge >= 0.3 is 0 Å². The SMILES string of the molecule is N#CC1CC(C#N)CC(CCC2CCCCCC2)C1. The zero-order valence-electron chi connectivity index (χ0n) is 12.0. The average Bonchev–Trinajstić information content (AvgIpc) is 2.73. The van der Waals surface area contributed by atoms with Crippen LogP contribution in [0.2, 0.25) is 0 Å². The highest BCUT2D eigenvalue weighted by molar-refractivity contribution is 4.97. The fourth-order valence-electron chi connectivity index (χ4n) is 4.01. The van der Waals surface area contributed by atoms with Crippen molar-refractivity contribution in [2.75, 3.05) is 0 Å². The van der Waals surface area contributed by atoms with Gasteiger partial charge in [-0.25, -0.2) is 0 Å². The van der Waals surface area contributed by atoms with E-state index >= 15 is 0 Å². The topological polar surface area (TPSA) is 47.6 Å². The molecule has 2 rings (SSSR count). The van der Waals surface area contributed by atoms with Crippen LogP contribution in [0.1, 0.15) is 70.6 Å². The van der Waals surface area contributed by atoms with Crippen LogP contribution >= 0.6 is 0 Å². The molecule has 0 aromatic carbocycles. The molecule has 0 radical (unpaired) electrons. The minimum Gasteiger partial charge on any atom is -0.198 e. The average molecular weight is 258 g/mol. The molecule has 2 heteroatoms. The Balaban J connectivity index is 1.78. The van der Waals surface area contributed by atoms with E-state index in [1.54, 1.807) is 0 Å². The van der Waals surface area contributed by atoms with Crippen LogP contribution in [0.4, 0.5) is 0 Å². The van der Waals surface area contributed by atoms with Crippen LogP contribution in [0, 0.1) is 46.3 Å². The first-order valence-electron chi connectivity index (χ1n) is 8.11. The van der Waals surface area contributed by atoms with Gasteiger partial charge in [-0.1, -0.05) is 51.4 Å². The monoisotopic (exact) mass is 258 g/mol. The van der Waals surface area contributed by atoms with Crippen LogP contribution in [0.5, 0.6) is 0 Å². The van der Waals surface area contributed by atoms with Gasteiger partial charge < -0.3 is 0 Å². The fraction of sp³-hybridized carbons (Fsp3) is 0.882. The van der Waals surface area contributed by atoms with E-state index in [0.717, 1.165) is 25.2 Å². The molecule has 0 aromatic rings. The van der Waals surface area contributed by atoms with Crippen molar-refractivity contribution in [1.82, 2.24) is 0 Å². The van der Waals surface area contributed by atoms with E-state index in [9.17, 15) is 0 Å². The van der Waals surface area contributed by atoms with Gasteiger partial charge in [0.15, 0.2) is 0 Å². The number of rotatable bonds is 3. The van der Waals surface area contributed by atoms with E-state index in [1.807, 2.05) is 0 Å². The first-order chi connectivity index (χ1) is 9.31. The molecule has 0 aliphatic heterocycles. The Hall–Kier alpha value is -1.02. The third-order valence-corrected chi connectivity index (χ3v) is 5.13. The molecule has 0 spiro atoms. The molecule has 2 atom stereocenters. The van der Waals surface area contributed by atoms with E-state index < -0.39 is 0 Å². The Labute approximate surface area is 117 Å². The molecule has 0 saturated heterocycles. The largest absolute Gasteiger partial charge is 0.198 e. The Morgan fingerprint density at radius 3 is 1.74 bits per heavy atom. The van der Waals surface area contributed by atoms with Gasteiger partial charge in [-0.15, -0.1) is 0 Å². The smallest absolute Gasteiger partial charge is 0.0656 e. The third-order valence-electron chi connectivity index (χ3n) is 5.13. The zero-order valence-corrected chi connectivity index (χ0v) is 12.0. The molecule has 2 nitrogen and oxygen atoms in total. The number of hydrogen-bond acceptors (Lipinski definition) is 2. The molecule has 2 fully saturated rings. The maximum atomic E-state index is 9.12. The molecule has 2 unspecified atom stereocenters. The van der Waals surface area contributed by atoms with E-state index in [1.165, 1.54) is 51.4 Å². The summed E-state index contributed by atoms with van der Waals surface area (Å²) in [5, 5.41) is 18.2. The Morgan fingerprint density at radius 2 is 1.21 bits per heavy atom. The van der Waals surface area contributed by atoms with Crippen molar-refractivity contribution in [3.8, 4) is 12.1 Å². The van der Waals surface area contributed by atoms with Gasteiger partial charge in [0.1, 0.15) is 0 Å². The first-order valence-corrected chi connectivity index (χ1v) is 8.11. The Kier molecular flexibility index (Phi) is 5.71. The van der Waals surface area contributed by atoms with Crippen LogP contribution in [0.3, 0.4) is 0 Å². The zero-order chi connectivity index (χ0) is 13.5. The highest BCUT2D eigenvalue weighted by Gasteiger charge is 2.29. The molecular formula is C17H26N2. The summed E-state index contributed by atoms with van der Waals surface area (Å²) in [6.07, 6.45) is 14.0. The summed E-state index contributed by atoms with van der Waals surface area (Å²) < 4.78 is 0. The molecular weight excluding hydrogens is 232 g/mol. The quantitative estimate of drug-likeness (QED) is 0.681. The van der Waals surface area contributed by atoms with E-state index in [2.05, 4.69) is 12.1 Å². The second-order valence-corrected chi connectivity index (χ2v) is 6.66. The van der Waals surface area contributed by atoms with Gasteiger partial charge in [0.25, 0.3) is 0 Å². The molecule has 2 aliphatic carbocycles. The summed E-state index contributed by atoms with van der Waals surface area (Å²) in [6.45, 7) is 0. The predicted molar refractivity (Wildman–Crippen MR) is 76.0 cm³/mol. The molecule has 0 heterocycles. The molecule has 0 amide bonds. The van der Waals surface area contributed by atoms with Crippen molar-refractivity contribution >= 4 is 0 Å². The van der Waals surface area contributed by atoms with Crippen molar-refractivity contribution < 1.29 is 0 Å². The van der Waals surface area contributed by atoms with Gasteiger partial charge in [-0.2, -0.15) is 10.5 Å². The summed E-state index contributed by atoms with van der Waals surface area (Å²) in [4.78, 5) is 0. The lowest BCUT2D eigenvalue weighted by Gasteiger charge is -2.29. The lowest BCUT2D eigenvalue weighted by atomic mass is 9.73. The maximum absolute atomic E-state index is 9.12. The van der Waals surface area contributed by atoms with E-state index in [0.29, 0.717) is 5.92 Å². The highest BCUT2D eigenvalue weighted by atomic mass is 14.4. The van der Waals surface area contributed by atoms with Crippen molar-refractivity contribution in [1.29, 1.82) is 10.5 Å². The van der Waals surface area contributed by atoms with Crippen molar-refractivity contribution in [3.05, 3.63) is 0 Å². The van der Waals surface area contributed by atoms with Gasteiger partial charge in [0, 0.05) is 11.8 Å². The van der Waals surface area contributed by atoms with Gasteiger partial charge in [-0.05, 0) is 31.1 Å². The van der Waals surface area contributed by atoms with Gasteiger partial charge in [0.05, 0.1) is 12.1 Å². The Bertz CT molecular complexity index is 319. The summed E-state index contributed by atoms with van der Waals surface area (Å²) in [6, 6.07) is 4.79. The van der Waals surface area contributed by atoms with Crippen molar-refractivity contribution in [2.24, 2.45) is 23.7 Å². The number of nitriles is 2. The minimum absolute atomic E-state index is 0.137. The van der Waals surface area contributed by atoms with Crippen LogP contribution in [0.25, 0.3) is 0 Å². The maximum Gasteiger partial charge on any atom is 0.0656 e.